The van der Waals surface area contributed by atoms with E-state index in [0.717, 1.165) is 19.3 Å². The average Bonchev–Trinajstić information content (AvgIpc) is 2.36. The highest BCUT2D eigenvalue weighted by Crippen LogP contribution is 2.35. The molecule has 1 unspecified atom stereocenters. The summed E-state index contributed by atoms with van der Waals surface area (Å²) in [5.41, 5.74) is 1.03. The van der Waals surface area contributed by atoms with Crippen molar-refractivity contribution in [2.75, 3.05) is 0 Å². The second-order valence-electron chi connectivity index (χ2n) is 6.57. The molecule has 1 fully saturated rings. The lowest BCUT2D eigenvalue weighted by molar-refractivity contribution is 0.0694. The molecular weight excluding hydrogens is 268 g/mol. The molecule has 0 aromatic carbocycles. The number of carbonyl (C=O) groups excluding carboxylic acids is 1. The van der Waals surface area contributed by atoms with Crippen LogP contribution in [0.4, 0.5) is 0 Å². The van der Waals surface area contributed by atoms with Crippen LogP contribution in [0.1, 0.15) is 66.1 Å². The molecule has 5 nitrogen and oxygen atoms in total. The van der Waals surface area contributed by atoms with E-state index in [9.17, 15) is 9.59 Å². The maximum atomic E-state index is 12.2. The molecule has 1 atom stereocenters. The fourth-order valence-corrected chi connectivity index (χ4v) is 2.99. The lowest BCUT2D eigenvalue weighted by Crippen LogP contribution is -2.41. The summed E-state index contributed by atoms with van der Waals surface area (Å²) in [6, 6.07) is 3.08. The monoisotopic (exact) mass is 290 g/mol. The van der Waals surface area contributed by atoms with Gasteiger partial charge in [0.2, 0.25) is 0 Å². The third kappa shape index (κ3) is 3.80. The van der Waals surface area contributed by atoms with E-state index in [1.807, 2.05) is 0 Å². The molecular formula is C16H22N2O3. The number of amides is 1. The number of aryl methyl sites for hydroxylation is 1. The van der Waals surface area contributed by atoms with E-state index in [1.165, 1.54) is 18.6 Å². The average molecular weight is 290 g/mol. The van der Waals surface area contributed by atoms with E-state index >= 15 is 0 Å². The standard InChI is InChI=1S/C16H22N2O3/c1-10-12(15(20)21)6-7-13(17-10)14(19)18-11-5-4-8-16(2,3)9-11/h6-7,11H,4-5,8-9H2,1-3H3,(H,18,19)(H,20,21). The molecule has 0 bridgehead atoms. The molecule has 2 rings (SSSR count). The first-order chi connectivity index (χ1) is 9.78. The zero-order chi connectivity index (χ0) is 15.6. The predicted octanol–water partition coefficient (Wildman–Crippen LogP) is 2.79. The van der Waals surface area contributed by atoms with Gasteiger partial charge in [-0.3, -0.25) is 4.79 Å². The second-order valence-corrected chi connectivity index (χ2v) is 6.57. The number of aromatic nitrogens is 1. The third-order valence-corrected chi connectivity index (χ3v) is 4.09. The fourth-order valence-electron chi connectivity index (χ4n) is 2.99. The molecule has 0 spiro atoms. The van der Waals surface area contributed by atoms with Gasteiger partial charge >= 0.3 is 5.97 Å². The number of carboxylic acids is 1. The SMILES string of the molecule is Cc1nc(C(=O)NC2CCCC(C)(C)C2)ccc1C(=O)O. The number of rotatable bonds is 3. The van der Waals surface area contributed by atoms with E-state index in [1.54, 1.807) is 6.92 Å². The highest BCUT2D eigenvalue weighted by molar-refractivity contribution is 5.94. The number of aromatic carboxylic acids is 1. The third-order valence-electron chi connectivity index (χ3n) is 4.09. The van der Waals surface area contributed by atoms with E-state index in [-0.39, 0.29) is 28.6 Å². The summed E-state index contributed by atoms with van der Waals surface area (Å²) in [4.78, 5) is 27.3. The molecule has 0 radical (unpaired) electrons. The Bertz CT molecular complexity index is 567. The molecule has 1 aliphatic carbocycles. The van der Waals surface area contributed by atoms with Crippen LogP contribution in [0, 0.1) is 12.3 Å². The van der Waals surface area contributed by atoms with E-state index in [0.29, 0.717) is 5.69 Å². The van der Waals surface area contributed by atoms with Crippen molar-refractivity contribution in [2.24, 2.45) is 5.41 Å². The predicted molar refractivity (Wildman–Crippen MR) is 79.4 cm³/mol. The van der Waals surface area contributed by atoms with Gasteiger partial charge < -0.3 is 10.4 Å². The minimum atomic E-state index is -1.03. The topological polar surface area (TPSA) is 79.3 Å². The normalized spacial score (nSPS) is 20.8. The second kappa shape index (κ2) is 5.84. The van der Waals surface area contributed by atoms with Crippen LogP contribution in [0.15, 0.2) is 12.1 Å². The molecule has 1 aliphatic rings. The molecule has 1 saturated carbocycles. The molecule has 1 amide bonds. The Balaban J connectivity index is 2.07. The van der Waals surface area contributed by atoms with Crippen molar-refractivity contribution in [3.63, 3.8) is 0 Å². The smallest absolute Gasteiger partial charge is 0.337 e. The quantitative estimate of drug-likeness (QED) is 0.897. The van der Waals surface area contributed by atoms with Crippen molar-refractivity contribution >= 4 is 11.9 Å². The van der Waals surface area contributed by atoms with Crippen molar-refractivity contribution in [2.45, 2.75) is 52.5 Å². The van der Waals surface area contributed by atoms with Gasteiger partial charge in [-0.15, -0.1) is 0 Å². The molecule has 114 valence electrons. The van der Waals surface area contributed by atoms with Crippen molar-refractivity contribution in [3.05, 3.63) is 29.1 Å². The van der Waals surface area contributed by atoms with Crippen LogP contribution in [0.2, 0.25) is 0 Å². The maximum absolute atomic E-state index is 12.2. The van der Waals surface area contributed by atoms with Gasteiger partial charge in [0.25, 0.3) is 5.91 Å². The first-order valence-electron chi connectivity index (χ1n) is 7.30. The molecule has 1 aromatic rings. The molecule has 1 aromatic heterocycles. The maximum Gasteiger partial charge on any atom is 0.337 e. The number of nitrogens with zero attached hydrogens (tertiary/aromatic N) is 1. The molecule has 0 saturated heterocycles. The summed E-state index contributed by atoms with van der Waals surface area (Å²) < 4.78 is 0. The Morgan fingerprint density at radius 1 is 1.38 bits per heavy atom. The van der Waals surface area contributed by atoms with E-state index in [2.05, 4.69) is 24.1 Å². The van der Waals surface area contributed by atoms with Crippen LogP contribution in [0.5, 0.6) is 0 Å². The number of pyridine rings is 1. The van der Waals surface area contributed by atoms with Crippen molar-refractivity contribution < 1.29 is 14.7 Å². The van der Waals surface area contributed by atoms with Crippen molar-refractivity contribution in [1.82, 2.24) is 10.3 Å². The molecule has 2 N–H and O–H groups in total. The first-order valence-corrected chi connectivity index (χ1v) is 7.30. The Morgan fingerprint density at radius 3 is 2.67 bits per heavy atom. The Labute approximate surface area is 124 Å². The first kappa shape index (κ1) is 15.5. The van der Waals surface area contributed by atoms with Gasteiger partial charge in [-0.2, -0.15) is 0 Å². The minimum Gasteiger partial charge on any atom is -0.478 e. The van der Waals surface area contributed by atoms with E-state index < -0.39 is 5.97 Å². The largest absolute Gasteiger partial charge is 0.478 e. The lowest BCUT2D eigenvalue weighted by atomic mass is 9.75. The van der Waals surface area contributed by atoms with Crippen LogP contribution in [-0.2, 0) is 0 Å². The molecule has 21 heavy (non-hydrogen) atoms. The summed E-state index contributed by atoms with van der Waals surface area (Å²) >= 11 is 0. The molecule has 5 heteroatoms. The summed E-state index contributed by atoms with van der Waals surface area (Å²) in [5, 5.41) is 12.0. The Hall–Kier alpha value is -1.91. The highest BCUT2D eigenvalue weighted by atomic mass is 16.4. The fraction of sp³-hybridized carbons (Fsp3) is 0.562. The van der Waals surface area contributed by atoms with Gasteiger partial charge in [-0.25, -0.2) is 9.78 Å². The van der Waals surface area contributed by atoms with Gasteiger partial charge in [-0.05, 0) is 43.7 Å². The molecule has 1 heterocycles. The van der Waals surface area contributed by atoms with Crippen LogP contribution < -0.4 is 5.32 Å². The van der Waals surface area contributed by atoms with Crippen LogP contribution in [-0.4, -0.2) is 28.0 Å². The van der Waals surface area contributed by atoms with Gasteiger partial charge in [-0.1, -0.05) is 20.3 Å². The molecule has 0 aliphatic heterocycles. The van der Waals surface area contributed by atoms with Crippen LogP contribution in [0.25, 0.3) is 0 Å². The van der Waals surface area contributed by atoms with Crippen LogP contribution in [0.3, 0.4) is 0 Å². The summed E-state index contributed by atoms with van der Waals surface area (Å²) in [5.74, 6) is -1.25. The van der Waals surface area contributed by atoms with Gasteiger partial charge in [0.15, 0.2) is 0 Å². The Morgan fingerprint density at radius 2 is 2.10 bits per heavy atom. The summed E-state index contributed by atoms with van der Waals surface area (Å²) in [6.07, 6.45) is 4.25. The number of carbonyl (C=O) groups is 2. The zero-order valence-electron chi connectivity index (χ0n) is 12.8. The number of hydrogen-bond acceptors (Lipinski definition) is 3. The van der Waals surface area contributed by atoms with Crippen molar-refractivity contribution in [1.29, 1.82) is 0 Å². The van der Waals surface area contributed by atoms with Crippen molar-refractivity contribution in [3.8, 4) is 0 Å². The highest BCUT2D eigenvalue weighted by Gasteiger charge is 2.29. The Kier molecular flexibility index (Phi) is 4.30. The number of carboxylic acid groups (broad SMARTS) is 1. The van der Waals surface area contributed by atoms with E-state index in [4.69, 9.17) is 5.11 Å². The zero-order valence-corrected chi connectivity index (χ0v) is 12.8. The number of nitrogens with one attached hydrogen (secondary N) is 1. The minimum absolute atomic E-state index is 0.130. The summed E-state index contributed by atoms with van der Waals surface area (Å²) in [7, 11) is 0. The van der Waals surface area contributed by atoms with Gasteiger partial charge in [0.1, 0.15) is 5.69 Å². The summed E-state index contributed by atoms with van der Waals surface area (Å²) in [6.45, 7) is 6.04. The lowest BCUT2D eigenvalue weighted by Gasteiger charge is -2.35. The van der Waals surface area contributed by atoms with Crippen LogP contribution >= 0.6 is 0 Å². The number of hydrogen-bond donors (Lipinski definition) is 2. The van der Waals surface area contributed by atoms with Gasteiger partial charge in [0, 0.05) is 6.04 Å². The van der Waals surface area contributed by atoms with Gasteiger partial charge in [0.05, 0.1) is 11.3 Å².